The minimum atomic E-state index is -3.96. The molecule has 5 N–H and O–H groups in total. The fraction of sp³-hybridized carbons (Fsp3) is 0.357. The Morgan fingerprint density at radius 3 is 2.62 bits per heavy atom. The van der Waals surface area contributed by atoms with Crippen molar-refractivity contribution in [3.05, 3.63) is 22.3 Å². The van der Waals surface area contributed by atoms with Crippen LogP contribution in [0.15, 0.2) is 21.5 Å². The number of nitrogens with zero attached hydrogens (tertiary/aromatic N) is 1. The van der Waals surface area contributed by atoms with Crippen LogP contribution in [-0.2, 0) is 14.8 Å². The predicted molar refractivity (Wildman–Crippen MR) is 95.2 cm³/mol. The molecule has 0 aliphatic rings. The zero-order valence-electron chi connectivity index (χ0n) is 13.3. The lowest BCUT2D eigenvalue weighted by molar-refractivity contribution is 0.0993. The lowest BCUT2D eigenvalue weighted by Gasteiger charge is -2.20. The van der Waals surface area contributed by atoms with E-state index in [1.165, 1.54) is 11.4 Å². The van der Waals surface area contributed by atoms with Gasteiger partial charge in [-0.25, -0.2) is 8.42 Å². The fourth-order valence-electron chi connectivity index (χ4n) is 2.45. The molecule has 0 bridgehead atoms. The Hall–Kier alpha value is -1.62. The number of aromatic nitrogens is 1. The summed E-state index contributed by atoms with van der Waals surface area (Å²) in [6.45, 7) is 2.32. The van der Waals surface area contributed by atoms with Crippen molar-refractivity contribution in [2.45, 2.75) is 11.8 Å². The van der Waals surface area contributed by atoms with Crippen molar-refractivity contribution in [3.63, 3.8) is 0 Å². The summed E-state index contributed by atoms with van der Waals surface area (Å²) < 4.78 is 32.9. The highest BCUT2D eigenvalue weighted by Gasteiger charge is 2.32. The number of carbonyl (C=O) groups is 1. The van der Waals surface area contributed by atoms with Gasteiger partial charge in [-0.05, 0) is 22.0 Å². The quantitative estimate of drug-likeness (QED) is 0.582. The molecule has 0 aliphatic carbocycles. The summed E-state index contributed by atoms with van der Waals surface area (Å²) in [7, 11) is -2.48. The molecule has 0 atom stereocenters. The number of methoxy groups -OCH3 is 1. The Morgan fingerprint density at radius 1 is 1.42 bits per heavy atom. The summed E-state index contributed by atoms with van der Waals surface area (Å²) >= 11 is 3.28. The second kappa shape index (κ2) is 7.09. The van der Waals surface area contributed by atoms with Gasteiger partial charge in [0.25, 0.3) is 5.91 Å². The first kappa shape index (κ1) is 18.7. The minimum Gasteiger partial charge on any atom is -0.396 e. The molecule has 8 nitrogen and oxygen atoms in total. The summed E-state index contributed by atoms with van der Waals surface area (Å²) in [6, 6.07) is 3.20. The van der Waals surface area contributed by atoms with Gasteiger partial charge in [0.15, 0.2) is 0 Å². The number of rotatable bonds is 7. The number of aromatic amines is 1. The van der Waals surface area contributed by atoms with Crippen LogP contribution < -0.4 is 11.5 Å². The van der Waals surface area contributed by atoms with Crippen LogP contribution in [0.1, 0.15) is 17.4 Å². The number of likely N-dealkylation sites (N-methyl/N-ethyl adjacent to an activating group) is 1. The van der Waals surface area contributed by atoms with E-state index in [1.54, 1.807) is 19.1 Å². The van der Waals surface area contributed by atoms with Crippen molar-refractivity contribution in [1.29, 1.82) is 0 Å². The minimum absolute atomic E-state index is 0.159. The number of ether oxygens (including phenoxy) is 1. The number of halogens is 1. The molecule has 1 aromatic heterocycles. The van der Waals surface area contributed by atoms with Gasteiger partial charge < -0.3 is 21.2 Å². The van der Waals surface area contributed by atoms with E-state index in [1.807, 2.05) is 0 Å². The molecule has 1 aromatic carbocycles. The van der Waals surface area contributed by atoms with Crippen LogP contribution in [0.3, 0.4) is 0 Å². The SMILES string of the molecule is CCN(CCOC)S(=O)(=O)c1c(C(N)=O)[nH]c2c(N)c(Br)ccc12. The molecular weight excluding hydrogens is 400 g/mol. The van der Waals surface area contributed by atoms with Crippen molar-refractivity contribution in [3.8, 4) is 0 Å². The maximum Gasteiger partial charge on any atom is 0.266 e. The van der Waals surface area contributed by atoms with Crippen LogP contribution in [0.2, 0.25) is 0 Å². The molecule has 0 saturated carbocycles. The summed E-state index contributed by atoms with van der Waals surface area (Å²) in [4.78, 5) is 14.4. The third-order valence-corrected chi connectivity index (χ3v) is 6.41. The number of anilines is 1. The van der Waals surface area contributed by atoms with E-state index in [2.05, 4.69) is 20.9 Å². The van der Waals surface area contributed by atoms with E-state index in [-0.39, 0.29) is 30.3 Å². The van der Waals surface area contributed by atoms with Gasteiger partial charge in [0.2, 0.25) is 10.0 Å². The van der Waals surface area contributed by atoms with Gasteiger partial charge in [-0.1, -0.05) is 13.0 Å². The zero-order chi connectivity index (χ0) is 18.1. The van der Waals surface area contributed by atoms with Crippen molar-refractivity contribution < 1.29 is 17.9 Å². The van der Waals surface area contributed by atoms with Crippen LogP contribution >= 0.6 is 15.9 Å². The standard InChI is InChI=1S/C14H19BrN4O4S/c1-3-19(6-7-23-2)24(21,22)13-8-4-5-9(15)10(16)11(8)18-12(13)14(17)20/h4-5,18H,3,6-7,16H2,1-2H3,(H2,17,20). The van der Waals surface area contributed by atoms with Gasteiger partial charge >= 0.3 is 0 Å². The molecule has 0 aliphatic heterocycles. The molecule has 1 amide bonds. The normalized spacial score (nSPS) is 12.2. The molecule has 2 aromatic rings. The summed E-state index contributed by atoms with van der Waals surface area (Å²) in [5, 5.41) is 0.320. The van der Waals surface area contributed by atoms with Crippen LogP contribution in [0, 0.1) is 0 Å². The first-order chi connectivity index (χ1) is 11.3. The van der Waals surface area contributed by atoms with E-state index in [0.717, 1.165) is 0 Å². The molecule has 0 saturated heterocycles. The van der Waals surface area contributed by atoms with Crippen molar-refractivity contribution in [1.82, 2.24) is 9.29 Å². The summed E-state index contributed by atoms with van der Waals surface area (Å²) in [6.07, 6.45) is 0. The van der Waals surface area contributed by atoms with E-state index < -0.39 is 15.9 Å². The number of amides is 1. The number of H-pyrrole nitrogens is 1. The Bertz CT molecular complexity index is 879. The van der Waals surface area contributed by atoms with E-state index in [0.29, 0.717) is 21.1 Å². The average Bonchev–Trinajstić information content (AvgIpc) is 2.93. The van der Waals surface area contributed by atoms with Crippen molar-refractivity contribution >= 4 is 48.5 Å². The van der Waals surface area contributed by atoms with E-state index in [9.17, 15) is 13.2 Å². The van der Waals surface area contributed by atoms with Gasteiger partial charge in [0, 0.05) is 30.1 Å². The second-order valence-corrected chi connectivity index (χ2v) is 7.80. The molecule has 24 heavy (non-hydrogen) atoms. The van der Waals surface area contributed by atoms with Crippen LogP contribution in [-0.4, -0.2) is 50.4 Å². The number of primary amides is 1. The number of nitrogen functional groups attached to an aromatic ring is 1. The predicted octanol–water partition coefficient (Wildman–Crippen LogP) is 1.27. The molecule has 132 valence electrons. The number of benzene rings is 1. The third kappa shape index (κ3) is 3.14. The molecule has 0 fully saturated rings. The van der Waals surface area contributed by atoms with Gasteiger partial charge in [-0.2, -0.15) is 4.31 Å². The fourth-order valence-corrected chi connectivity index (χ4v) is 4.55. The Morgan fingerprint density at radius 2 is 2.08 bits per heavy atom. The zero-order valence-corrected chi connectivity index (χ0v) is 15.7. The van der Waals surface area contributed by atoms with Gasteiger partial charge in [-0.3, -0.25) is 4.79 Å². The second-order valence-electron chi connectivity index (χ2n) is 5.07. The topological polar surface area (TPSA) is 132 Å². The largest absolute Gasteiger partial charge is 0.396 e. The number of hydrogen-bond acceptors (Lipinski definition) is 5. The summed E-state index contributed by atoms with van der Waals surface area (Å²) in [5.74, 6) is -0.872. The highest BCUT2D eigenvalue weighted by molar-refractivity contribution is 9.10. The van der Waals surface area contributed by atoms with Crippen LogP contribution in [0.25, 0.3) is 10.9 Å². The smallest absolute Gasteiger partial charge is 0.266 e. The first-order valence-corrected chi connectivity index (χ1v) is 9.37. The first-order valence-electron chi connectivity index (χ1n) is 7.14. The molecular formula is C14H19BrN4O4S. The molecule has 2 rings (SSSR count). The molecule has 0 unspecified atom stereocenters. The third-order valence-electron chi connectivity index (χ3n) is 3.66. The molecule has 10 heteroatoms. The number of nitrogens with two attached hydrogens (primary N) is 2. The lowest BCUT2D eigenvalue weighted by atomic mass is 10.2. The van der Waals surface area contributed by atoms with Gasteiger partial charge in [0.05, 0.1) is 17.8 Å². The monoisotopic (exact) mass is 418 g/mol. The van der Waals surface area contributed by atoms with Crippen molar-refractivity contribution in [2.75, 3.05) is 32.5 Å². The van der Waals surface area contributed by atoms with Crippen LogP contribution in [0.4, 0.5) is 5.69 Å². The molecule has 0 spiro atoms. The van der Waals surface area contributed by atoms with Crippen LogP contribution in [0.5, 0.6) is 0 Å². The Labute approximate surface area is 148 Å². The maximum atomic E-state index is 13.1. The van der Waals surface area contributed by atoms with Gasteiger partial charge in [0.1, 0.15) is 10.6 Å². The molecule has 0 radical (unpaired) electrons. The highest BCUT2D eigenvalue weighted by atomic mass is 79.9. The Balaban J connectivity index is 2.76. The number of carbonyl (C=O) groups excluding carboxylic acids is 1. The number of hydrogen-bond donors (Lipinski definition) is 3. The van der Waals surface area contributed by atoms with E-state index in [4.69, 9.17) is 16.2 Å². The Kier molecular flexibility index (Phi) is 5.53. The highest BCUT2D eigenvalue weighted by Crippen LogP contribution is 2.35. The van der Waals surface area contributed by atoms with E-state index >= 15 is 0 Å². The van der Waals surface area contributed by atoms with Gasteiger partial charge in [-0.15, -0.1) is 0 Å². The molecule has 1 heterocycles. The summed E-state index contributed by atoms with van der Waals surface area (Å²) in [5.41, 5.74) is 11.8. The number of fused-ring (bicyclic) bond motifs is 1. The van der Waals surface area contributed by atoms with Crippen molar-refractivity contribution in [2.24, 2.45) is 5.73 Å². The lowest BCUT2D eigenvalue weighted by Crippen LogP contribution is -2.34. The number of sulfonamides is 1. The number of nitrogens with one attached hydrogen (secondary N) is 1. The average molecular weight is 419 g/mol. The maximum absolute atomic E-state index is 13.1.